The first-order valence-corrected chi connectivity index (χ1v) is 9.29. The first-order chi connectivity index (χ1) is 13.1. The molecule has 2 aromatic carbocycles. The number of carbonyl (C=O) groups is 1. The van der Waals surface area contributed by atoms with Crippen molar-refractivity contribution in [3.8, 4) is 11.1 Å². The molecule has 0 aliphatic carbocycles. The van der Waals surface area contributed by atoms with E-state index in [-0.39, 0.29) is 5.91 Å². The molecule has 4 rings (SSSR count). The third-order valence-corrected chi connectivity index (χ3v) is 4.95. The fourth-order valence-electron chi connectivity index (χ4n) is 3.50. The second-order valence-corrected chi connectivity index (χ2v) is 7.10. The van der Waals surface area contributed by atoms with Gasteiger partial charge in [0.2, 0.25) is 0 Å². The van der Waals surface area contributed by atoms with Gasteiger partial charge in [0.05, 0.1) is 5.69 Å². The zero-order chi connectivity index (χ0) is 18.8. The highest BCUT2D eigenvalue weighted by atomic mass is 16.2. The van der Waals surface area contributed by atoms with Crippen molar-refractivity contribution in [2.24, 2.45) is 5.92 Å². The van der Waals surface area contributed by atoms with E-state index in [1.54, 1.807) is 0 Å². The summed E-state index contributed by atoms with van der Waals surface area (Å²) < 4.78 is 2.02. The Labute approximate surface area is 159 Å². The molecule has 1 unspecified atom stereocenters. The summed E-state index contributed by atoms with van der Waals surface area (Å²) in [7, 11) is 0. The van der Waals surface area contributed by atoms with Crippen LogP contribution in [0, 0.1) is 12.8 Å². The molecular weight excluding hydrogens is 334 g/mol. The Kier molecular flexibility index (Phi) is 4.63. The van der Waals surface area contributed by atoms with E-state index in [4.69, 9.17) is 0 Å². The van der Waals surface area contributed by atoms with Crippen LogP contribution in [0.3, 0.4) is 0 Å². The molecule has 27 heavy (non-hydrogen) atoms. The van der Waals surface area contributed by atoms with Gasteiger partial charge in [0, 0.05) is 13.1 Å². The lowest BCUT2D eigenvalue weighted by Crippen LogP contribution is -2.27. The minimum Gasteiger partial charge on any atom is -0.347 e. The number of nitrogens with one attached hydrogen (secondary N) is 1. The van der Waals surface area contributed by atoms with E-state index in [9.17, 15) is 4.79 Å². The summed E-state index contributed by atoms with van der Waals surface area (Å²) >= 11 is 0. The van der Waals surface area contributed by atoms with Gasteiger partial charge in [-0.3, -0.25) is 4.79 Å². The van der Waals surface area contributed by atoms with Crippen LogP contribution in [0.5, 0.6) is 0 Å². The highest BCUT2D eigenvalue weighted by Gasteiger charge is 2.22. The van der Waals surface area contributed by atoms with Gasteiger partial charge in [-0.1, -0.05) is 67.6 Å². The summed E-state index contributed by atoms with van der Waals surface area (Å²) in [6.45, 7) is 5.33. The minimum absolute atomic E-state index is 0.0686. The summed E-state index contributed by atoms with van der Waals surface area (Å²) in [6, 6.07) is 18.6. The maximum atomic E-state index is 12.8. The maximum absolute atomic E-state index is 12.8. The highest BCUT2D eigenvalue weighted by molar-refractivity contribution is 5.94. The fraction of sp³-hybridized carbons (Fsp3) is 0.217. The van der Waals surface area contributed by atoms with Crippen molar-refractivity contribution in [3.63, 3.8) is 0 Å². The Bertz CT molecular complexity index is 984. The average molecular weight is 357 g/mol. The number of aromatic nitrogens is 2. The number of rotatable bonds is 4. The van der Waals surface area contributed by atoms with Crippen LogP contribution in [-0.2, 0) is 13.1 Å². The van der Waals surface area contributed by atoms with Gasteiger partial charge in [0.15, 0.2) is 0 Å². The number of amides is 1. The van der Waals surface area contributed by atoms with Crippen LogP contribution in [0.4, 0.5) is 0 Å². The molecule has 2 heterocycles. The van der Waals surface area contributed by atoms with E-state index < -0.39 is 0 Å². The molecule has 4 nitrogen and oxygen atoms in total. The number of aryl methyl sites for hydroxylation is 1. The first kappa shape index (κ1) is 17.3. The molecule has 1 aliphatic rings. The molecule has 3 aromatic rings. The van der Waals surface area contributed by atoms with Crippen molar-refractivity contribution in [2.75, 3.05) is 0 Å². The van der Waals surface area contributed by atoms with Gasteiger partial charge in [-0.25, -0.2) is 4.98 Å². The third-order valence-electron chi connectivity index (χ3n) is 4.95. The molecule has 0 spiro atoms. The van der Waals surface area contributed by atoms with Crippen molar-refractivity contribution in [1.82, 2.24) is 14.9 Å². The molecule has 0 bridgehead atoms. The zero-order valence-electron chi connectivity index (χ0n) is 15.6. The van der Waals surface area contributed by atoms with Crippen molar-refractivity contribution >= 4 is 12.0 Å². The Hall–Kier alpha value is -3.14. The van der Waals surface area contributed by atoms with Crippen LogP contribution in [-0.4, -0.2) is 15.5 Å². The van der Waals surface area contributed by atoms with Gasteiger partial charge in [0.25, 0.3) is 5.91 Å². The predicted octanol–water partition coefficient (Wildman–Crippen LogP) is 4.45. The number of imidazole rings is 1. The molecule has 1 N–H and O–H groups in total. The van der Waals surface area contributed by atoms with Crippen LogP contribution in [0.15, 0.2) is 60.7 Å². The van der Waals surface area contributed by atoms with E-state index in [0.29, 0.717) is 18.2 Å². The Morgan fingerprint density at radius 2 is 1.81 bits per heavy atom. The molecule has 0 saturated heterocycles. The molecule has 1 aliphatic heterocycles. The van der Waals surface area contributed by atoms with Crippen molar-refractivity contribution in [3.05, 3.63) is 83.4 Å². The number of hydrogen-bond acceptors (Lipinski definition) is 2. The van der Waals surface area contributed by atoms with Crippen LogP contribution >= 0.6 is 0 Å². The summed E-state index contributed by atoms with van der Waals surface area (Å²) in [5.41, 5.74) is 4.89. The predicted molar refractivity (Wildman–Crippen MR) is 108 cm³/mol. The maximum Gasteiger partial charge on any atom is 0.270 e. The van der Waals surface area contributed by atoms with Gasteiger partial charge in [-0.15, -0.1) is 0 Å². The first-order valence-electron chi connectivity index (χ1n) is 9.29. The van der Waals surface area contributed by atoms with Gasteiger partial charge in [-0.2, -0.15) is 0 Å². The Balaban J connectivity index is 1.46. The lowest BCUT2D eigenvalue weighted by atomic mass is 10.0. The largest absolute Gasteiger partial charge is 0.347 e. The van der Waals surface area contributed by atoms with Crippen LogP contribution in [0.1, 0.15) is 34.5 Å². The van der Waals surface area contributed by atoms with E-state index in [1.807, 2.05) is 35.8 Å². The van der Waals surface area contributed by atoms with Crippen molar-refractivity contribution in [1.29, 1.82) is 0 Å². The third kappa shape index (κ3) is 3.56. The molecule has 1 atom stereocenters. The van der Waals surface area contributed by atoms with Gasteiger partial charge in [-0.05, 0) is 35.6 Å². The second kappa shape index (κ2) is 7.23. The monoisotopic (exact) mass is 357 g/mol. The fourth-order valence-corrected chi connectivity index (χ4v) is 3.50. The lowest BCUT2D eigenvalue weighted by Gasteiger charge is -2.17. The Morgan fingerprint density at radius 3 is 2.56 bits per heavy atom. The summed E-state index contributed by atoms with van der Waals surface area (Å²) in [6.07, 6.45) is 4.14. The molecular formula is C23H23N3O. The number of carbonyl (C=O) groups excluding carboxylic acids is 1. The van der Waals surface area contributed by atoms with E-state index in [1.165, 1.54) is 11.1 Å². The van der Waals surface area contributed by atoms with Crippen LogP contribution in [0.2, 0.25) is 0 Å². The molecule has 136 valence electrons. The van der Waals surface area contributed by atoms with Crippen molar-refractivity contribution in [2.45, 2.75) is 26.9 Å². The van der Waals surface area contributed by atoms with E-state index in [0.717, 1.165) is 23.6 Å². The summed E-state index contributed by atoms with van der Waals surface area (Å²) in [5.74, 6) is 1.20. The zero-order valence-corrected chi connectivity index (χ0v) is 15.6. The number of hydrogen-bond donors (Lipinski definition) is 1. The molecule has 0 saturated carbocycles. The number of benzene rings is 2. The van der Waals surface area contributed by atoms with E-state index in [2.05, 4.69) is 59.7 Å². The Morgan fingerprint density at radius 1 is 1.11 bits per heavy atom. The van der Waals surface area contributed by atoms with Gasteiger partial charge in [0.1, 0.15) is 11.5 Å². The number of fused-ring (bicyclic) bond motifs is 1. The number of nitrogens with zero attached hydrogens (tertiary/aromatic N) is 2. The molecule has 0 fully saturated rings. The standard InChI is InChI=1S/C23H23N3O/c1-16-8-13-21-25-17(2)22(26(21)15-16)23(27)24-14-18-9-11-20(12-10-18)19-6-4-3-5-7-19/h3-13,16H,14-15H2,1-2H3,(H,24,27). The molecule has 0 radical (unpaired) electrons. The van der Waals surface area contributed by atoms with Gasteiger partial charge < -0.3 is 9.88 Å². The summed E-state index contributed by atoms with van der Waals surface area (Å²) in [4.78, 5) is 17.3. The highest BCUT2D eigenvalue weighted by Crippen LogP contribution is 2.21. The van der Waals surface area contributed by atoms with Gasteiger partial charge >= 0.3 is 0 Å². The van der Waals surface area contributed by atoms with E-state index >= 15 is 0 Å². The quantitative estimate of drug-likeness (QED) is 0.750. The smallest absolute Gasteiger partial charge is 0.270 e. The average Bonchev–Trinajstić information content (AvgIpc) is 3.02. The molecule has 1 aromatic heterocycles. The topological polar surface area (TPSA) is 46.9 Å². The molecule has 4 heteroatoms. The van der Waals surface area contributed by atoms with Crippen LogP contribution in [0.25, 0.3) is 17.2 Å². The number of allylic oxidation sites excluding steroid dienone is 1. The van der Waals surface area contributed by atoms with Crippen LogP contribution < -0.4 is 5.32 Å². The molecule has 1 amide bonds. The second-order valence-electron chi connectivity index (χ2n) is 7.10. The van der Waals surface area contributed by atoms with Crippen molar-refractivity contribution < 1.29 is 4.79 Å². The summed E-state index contributed by atoms with van der Waals surface area (Å²) in [5, 5.41) is 3.04. The normalized spacial score (nSPS) is 15.4. The minimum atomic E-state index is -0.0686. The lowest BCUT2D eigenvalue weighted by molar-refractivity contribution is 0.0940. The SMILES string of the molecule is Cc1nc2n(c1C(=O)NCc1ccc(-c3ccccc3)cc1)CC(C)C=C2.